The number of rotatable bonds is 6. The minimum atomic E-state index is -0.900. The fourth-order valence-electron chi connectivity index (χ4n) is 4.09. The van der Waals surface area contributed by atoms with Crippen LogP contribution in [0.3, 0.4) is 0 Å². The van der Waals surface area contributed by atoms with Crippen LogP contribution in [0, 0.1) is 0 Å². The minimum Gasteiger partial charge on any atom is -0.507 e. The molecule has 33 heavy (non-hydrogen) atoms. The summed E-state index contributed by atoms with van der Waals surface area (Å²) < 4.78 is 11.0. The Labute approximate surface area is 192 Å². The van der Waals surface area contributed by atoms with E-state index in [4.69, 9.17) is 9.47 Å². The van der Waals surface area contributed by atoms with Crippen LogP contribution in [0.25, 0.3) is 5.76 Å². The van der Waals surface area contributed by atoms with Crippen molar-refractivity contribution in [1.82, 2.24) is 0 Å². The maximum atomic E-state index is 13.3. The molecule has 1 N–H and O–H groups in total. The van der Waals surface area contributed by atoms with E-state index in [0.29, 0.717) is 28.3 Å². The summed E-state index contributed by atoms with van der Waals surface area (Å²) in [4.78, 5) is 28.0. The number of hydrogen-bond acceptors (Lipinski definition) is 5. The lowest BCUT2D eigenvalue weighted by molar-refractivity contribution is -0.132. The Balaban J connectivity index is 1.99. The highest BCUT2D eigenvalue weighted by molar-refractivity contribution is 6.51. The molecule has 0 bridgehead atoms. The Morgan fingerprint density at radius 1 is 0.939 bits per heavy atom. The van der Waals surface area contributed by atoms with Crippen molar-refractivity contribution in [2.24, 2.45) is 0 Å². The first-order valence-corrected chi connectivity index (χ1v) is 10.7. The maximum absolute atomic E-state index is 13.3. The Kier molecular flexibility index (Phi) is 6.18. The molecule has 1 atom stereocenters. The topological polar surface area (TPSA) is 76.1 Å². The maximum Gasteiger partial charge on any atom is 0.300 e. The van der Waals surface area contributed by atoms with Gasteiger partial charge in [-0.05, 0) is 42.3 Å². The number of hydrogen-bond donors (Lipinski definition) is 1. The summed E-state index contributed by atoms with van der Waals surface area (Å²) in [5.74, 6) is -0.705. The average Bonchev–Trinajstić information content (AvgIpc) is 3.13. The SMILES string of the molecule is CCc1ccc(N2C(=O)C(=O)C(=C(O)c3ccccc3)[C@H]2c2cc(OC)ccc2OC)cc1. The van der Waals surface area contributed by atoms with E-state index in [1.54, 1.807) is 42.5 Å². The van der Waals surface area contributed by atoms with Crippen molar-refractivity contribution in [3.8, 4) is 11.5 Å². The molecule has 1 aliphatic heterocycles. The Morgan fingerprint density at radius 2 is 1.64 bits per heavy atom. The predicted molar refractivity (Wildman–Crippen MR) is 127 cm³/mol. The predicted octanol–water partition coefficient (Wildman–Crippen LogP) is 4.89. The van der Waals surface area contributed by atoms with Crippen LogP contribution < -0.4 is 14.4 Å². The third-order valence-electron chi connectivity index (χ3n) is 5.85. The lowest BCUT2D eigenvalue weighted by atomic mass is 9.94. The highest BCUT2D eigenvalue weighted by Crippen LogP contribution is 2.45. The van der Waals surface area contributed by atoms with Crippen LogP contribution in [0.1, 0.15) is 29.7 Å². The van der Waals surface area contributed by atoms with Gasteiger partial charge in [0.2, 0.25) is 0 Å². The van der Waals surface area contributed by atoms with Crippen LogP contribution in [0.2, 0.25) is 0 Å². The fourth-order valence-corrected chi connectivity index (χ4v) is 4.09. The molecule has 3 aromatic carbocycles. The summed E-state index contributed by atoms with van der Waals surface area (Å²) in [5.41, 5.74) is 2.64. The quantitative estimate of drug-likeness (QED) is 0.333. The van der Waals surface area contributed by atoms with Gasteiger partial charge in [0, 0.05) is 16.8 Å². The number of aryl methyl sites for hydroxylation is 1. The summed E-state index contributed by atoms with van der Waals surface area (Å²) in [5, 5.41) is 11.2. The molecule has 0 saturated carbocycles. The molecule has 3 aromatic rings. The van der Waals surface area contributed by atoms with Gasteiger partial charge in [0.1, 0.15) is 17.3 Å². The largest absolute Gasteiger partial charge is 0.507 e. The summed E-state index contributed by atoms with van der Waals surface area (Å²) >= 11 is 0. The molecular weight excluding hydrogens is 418 g/mol. The van der Waals surface area contributed by atoms with Crippen LogP contribution in [-0.2, 0) is 16.0 Å². The number of benzene rings is 3. The normalized spacial score (nSPS) is 17.3. The molecule has 0 aliphatic carbocycles. The van der Waals surface area contributed by atoms with Gasteiger partial charge >= 0.3 is 0 Å². The lowest BCUT2D eigenvalue weighted by Gasteiger charge is -2.27. The molecule has 0 aromatic heterocycles. The molecular formula is C27H25NO5. The van der Waals surface area contributed by atoms with Gasteiger partial charge in [-0.3, -0.25) is 14.5 Å². The first kappa shape index (κ1) is 22.1. The number of methoxy groups -OCH3 is 2. The molecule has 1 amide bonds. The zero-order chi connectivity index (χ0) is 23.5. The van der Waals surface area contributed by atoms with Crippen molar-refractivity contribution < 1.29 is 24.2 Å². The van der Waals surface area contributed by atoms with E-state index < -0.39 is 17.7 Å². The molecule has 0 unspecified atom stereocenters. The number of anilines is 1. The molecule has 4 rings (SSSR count). The van der Waals surface area contributed by atoms with E-state index >= 15 is 0 Å². The molecule has 0 spiro atoms. The van der Waals surface area contributed by atoms with E-state index in [0.717, 1.165) is 12.0 Å². The van der Waals surface area contributed by atoms with Gasteiger partial charge < -0.3 is 14.6 Å². The van der Waals surface area contributed by atoms with Gasteiger partial charge in [-0.25, -0.2) is 0 Å². The zero-order valence-corrected chi connectivity index (χ0v) is 18.7. The number of aliphatic hydroxyl groups excluding tert-OH is 1. The number of Topliss-reactive ketones (excluding diaryl/α,β-unsaturated/α-hetero) is 1. The smallest absolute Gasteiger partial charge is 0.300 e. The van der Waals surface area contributed by atoms with Crippen LogP contribution in [0.15, 0.2) is 78.4 Å². The zero-order valence-electron chi connectivity index (χ0n) is 18.7. The van der Waals surface area contributed by atoms with Crippen molar-refractivity contribution in [3.63, 3.8) is 0 Å². The second-order valence-corrected chi connectivity index (χ2v) is 7.66. The van der Waals surface area contributed by atoms with E-state index in [9.17, 15) is 14.7 Å². The van der Waals surface area contributed by atoms with Gasteiger partial charge in [-0.1, -0.05) is 49.4 Å². The molecule has 1 heterocycles. The first-order chi connectivity index (χ1) is 16.0. The number of ketones is 1. The van der Waals surface area contributed by atoms with Gasteiger partial charge in [0.05, 0.1) is 25.8 Å². The van der Waals surface area contributed by atoms with Gasteiger partial charge in [-0.15, -0.1) is 0 Å². The minimum absolute atomic E-state index is 0.00248. The molecule has 168 valence electrons. The third-order valence-corrected chi connectivity index (χ3v) is 5.85. The molecule has 6 nitrogen and oxygen atoms in total. The molecule has 6 heteroatoms. The number of aliphatic hydroxyl groups is 1. The van der Waals surface area contributed by atoms with Crippen LogP contribution >= 0.6 is 0 Å². The lowest BCUT2D eigenvalue weighted by Crippen LogP contribution is -2.29. The standard InChI is InChI=1S/C27H25NO5/c1-4-17-10-12-19(13-11-17)28-24(21-16-20(32-2)14-15-22(21)33-3)23(26(30)27(28)31)25(29)18-8-6-5-7-9-18/h5-16,24,29H,4H2,1-3H3/t24-/m1/s1. The Bertz CT molecular complexity index is 1220. The number of amides is 1. The highest BCUT2D eigenvalue weighted by Gasteiger charge is 2.48. The monoisotopic (exact) mass is 443 g/mol. The van der Waals surface area contributed by atoms with E-state index in [1.165, 1.54) is 19.1 Å². The number of carbonyl (C=O) groups is 2. The Hall–Kier alpha value is -4.06. The molecule has 1 saturated heterocycles. The summed E-state index contributed by atoms with van der Waals surface area (Å²) in [7, 11) is 3.06. The summed E-state index contributed by atoms with van der Waals surface area (Å²) in [6.45, 7) is 2.04. The molecule has 1 aliphatic rings. The van der Waals surface area contributed by atoms with Gasteiger partial charge in [-0.2, -0.15) is 0 Å². The van der Waals surface area contributed by atoms with Crippen LogP contribution in [0.4, 0.5) is 5.69 Å². The van der Waals surface area contributed by atoms with Crippen molar-refractivity contribution in [1.29, 1.82) is 0 Å². The van der Waals surface area contributed by atoms with Gasteiger partial charge in [0.15, 0.2) is 0 Å². The van der Waals surface area contributed by atoms with Crippen molar-refractivity contribution in [2.45, 2.75) is 19.4 Å². The van der Waals surface area contributed by atoms with E-state index in [1.807, 2.05) is 37.3 Å². The number of nitrogens with zero attached hydrogens (tertiary/aromatic N) is 1. The second kappa shape index (κ2) is 9.20. The highest BCUT2D eigenvalue weighted by atomic mass is 16.5. The number of ether oxygens (including phenoxy) is 2. The summed E-state index contributed by atoms with van der Waals surface area (Å²) in [6.07, 6.45) is 0.847. The fraction of sp³-hybridized carbons (Fsp3) is 0.185. The third kappa shape index (κ3) is 3.96. The van der Waals surface area contributed by atoms with Crippen LogP contribution in [0.5, 0.6) is 11.5 Å². The average molecular weight is 443 g/mol. The summed E-state index contributed by atoms with van der Waals surface area (Å²) in [6, 6.07) is 20.5. The van der Waals surface area contributed by atoms with Gasteiger partial charge in [0.25, 0.3) is 11.7 Å². The molecule has 1 fully saturated rings. The van der Waals surface area contributed by atoms with Crippen molar-refractivity contribution in [2.75, 3.05) is 19.1 Å². The second-order valence-electron chi connectivity index (χ2n) is 7.66. The van der Waals surface area contributed by atoms with E-state index in [-0.39, 0.29) is 11.3 Å². The van der Waals surface area contributed by atoms with Crippen LogP contribution in [-0.4, -0.2) is 31.0 Å². The van der Waals surface area contributed by atoms with Crippen molar-refractivity contribution in [3.05, 3.63) is 95.1 Å². The first-order valence-electron chi connectivity index (χ1n) is 10.7. The molecule has 0 radical (unpaired) electrons. The van der Waals surface area contributed by atoms with Crippen molar-refractivity contribution >= 4 is 23.1 Å². The number of carbonyl (C=O) groups excluding carboxylic acids is 2. The van der Waals surface area contributed by atoms with E-state index in [2.05, 4.69) is 0 Å². The Morgan fingerprint density at radius 3 is 2.24 bits per heavy atom.